The van der Waals surface area contributed by atoms with Crippen LogP contribution in [0.3, 0.4) is 0 Å². The molecule has 0 saturated carbocycles. The summed E-state index contributed by atoms with van der Waals surface area (Å²) in [5.41, 5.74) is 7.74. The fraction of sp³-hybridized carbons (Fsp3) is 0.214. The molecule has 0 aliphatic carbocycles. The number of rotatable bonds is 3. The number of hydrogen-bond donors (Lipinski definition) is 1. The maximum absolute atomic E-state index is 6.14. The highest BCUT2D eigenvalue weighted by Crippen LogP contribution is 2.31. The molecule has 5 heteroatoms. The van der Waals surface area contributed by atoms with Gasteiger partial charge in [-0.3, -0.25) is 0 Å². The van der Waals surface area contributed by atoms with Gasteiger partial charge in [-0.2, -0.15) is 0 Å². The van der Waals surface area contributed by atoms with Gasteiger partial charge in [0.15, 0.2) is 0 Å². The second kappa shape index (κ2) is 5.68. The van der Waals surface area contributed by atoms with Crippen LogP contribution >= 0.6 is 27.5 Å². The minimum Gasteiger partial charge on any atom is -0.383 e. The highest BCUT2D eigenvalue weighted by atomic mass is 79.9. The monoisotopic (exact) mass is 337 g/mol. The first kappa shape index (κ1) is 14.0. The summed E-state index contributed by atoms with van der Waals surface area (Å²) in [5.74, 6) is 4.05. The molecule has 0 saturated heterocycles. The molecule has 98 valence electrons. The first-order chi connectivity index (χ1) is 9.08. The number of benzene rings is 1. The van der Waals surface area contributed by atoms with Crippen molar-refractivity contribution in [3.63, 3.8) is 0 Å². The van der Waals surface area contributed by atoms with Crippen LogP contribution < -0.4 is 5.73 Å². The van der Waals surface area contributed by atoms with Crippen LogP contribution in [0.1, 0.15) is 12.7 Å². The standard InChI is InChI=1S/C14H13BrClN3/c1-3-7-19-12(4-2)18-13(14(19)17)9-5-6-10(15)11(16)8-9/h1,5-6,8H,4,7,17H2,2H3. The first-order valence-electron chi connectivity index (χ1n) is 5.82. The van der Waals surface area contributed by atoms with Crippen LogP contribution in [0.4, 0.5) is 5.82 Å². The van der Waals surface area contributed by atoms with Gasteiger partial charge in [-0.05, 0) is 28.1 Å². The van der Waals surface area contributed by atoms with Crippen molar-refractivity contribution >= 4 is 33.3 Å². The molecule has 0 amide bonds. The summed E-state index contributed by atoms with van der Waals surface area (Å²) in [6.45, 7) is 2.44. The lowest BCUT2D eigenvalue weighted by atomic mass is 10.1. The number of nitrogen functional groups attached to an aromatic ring is 1. The maximum atomic E-state index is 6.14. The van der Waals surface area contributed by atoms with E-state index >= 15 is 0 Å². The average Bonchev–Trinajstić information content (AvgIpc) is 2.71. The lowest BCUT2D eigenvalue weighted by Gasteiger charge is -2.04. The van der Waals surface area contributed by atoms with Crippen LogP contribution in [-0.4, -0.2) is 9.55 Å². The van der Waals surface area contributed by atoms with E-state index in [0.717, 1.165) is 28.0 Å². The quantitative estimate of drug-likeness (QED) is 0.866. The Labute approximate surface area is 125 Å². The topological polar surface area (TPSA) is 43.8 Å². The summed E-state index contributed by atoms with van der Waals surface area (Å²) in [4.78, 5) is 4.56. The molecule has 0 unspecified atom stereocenters. The molecule has 2 N–H and O–H groups in total. The zero-order valence-corrected chi connectivity index (χ0v) is 12.8. The third-order valence-electron chi connectivity index (χ3n) is 2.84. The van der Waals surface area contributed by atoms with E-state index in [1.165, 1.54) is 0 Å². The normalized spacial score (nSPS) is 10.4. The van der Waals surface area contributed by atoms with Crippen molar-refractivity contribution in [2.75, 3.05) is 5.73 Å². The van der Waals surface area contributed by atoms with Crippen molar-refractivity contribution in [3.05, 3.63) is 33.5 Å². The molecular weight excluding hydrogens is 326 g/mol. The van der Waals surface area contributed by atoms with E-state index < -0.39 is 0 Å². The summed E-state index contributed by atoms with van der Waals surface area (Å²) >= 11 is 9.47. The molecular formula is C14H13BrClN3. The predicted molar refractivity (Wildman–Crippen MR) is 83.0 cm³/mol. The van der Waals surface area contributed by atoms with Gasteiger partial charge in [0.1, 0.15) is 17.3 Å². The summed E-state index contributed by atoms with van der Waals surface area (Å²) in [7, 11) is 0. The summed E-state index contributed by atoms with van der Waals surface area (Å²) in [6.07, 6.45) is 6.14. The number of nitrogens with two attached hydrogens (primary N) is 1. The predicted octanol–water partition coefficient (Wildman–Crippen LogP) is 3.74. The number of nitrogens with zero attached hydrogens (tertiary/aromatic N) is 2. The first-order valence-corrected chi connectivity index (χ1v) is 6.99. The van der Waals surface area contributed by atoms with E-state index in [0.29, 0.717) is 17.4 Å². The van der Waals surface area contributed by atoms with Gasteiger partial charge < -0.3 is 10.3 Å². The third kappa shape index (κ3) is 2.63. The molecule has 0 atom stereocenters. The smallest absolute Gasteiger partial charge is 0.132 e. The highest BCUT2D eigenvalue weighted by Gasteiger charge is 2.15. The van der Waals surface area contributed by atoms with Crippen LogP contribution in [0.15, 0.2) is 22.7 Å². The second-order valence-electron chi connectivity index (χ2n) is 4.03. The Kier molecular flexibility index (Phi) is 4.18. The van der Waals surface area contributed by atoms with Crippen LogP contribution in [0.5, 0.6) is 0 Å². The Bertz CT molecular complexity index is 655. The Morgan fingerprint density at radius 3 is 2.84 bits per heavy atom. The lowest BCUT2D eigenvalue weighted by Crippen LogP contribution is -2.05. The molecule has 19 heavy (non-hydrogen) atoms. The van der Waals surface area contributed by atoms with Crippen molar-refractivity contribution in [2.24, 2.45) is 0 Å². The molecule has 0 aliphatic rings. The fourth-order valence-corrected chi connectivity index (χ4v) is 2.33. The van der Waals surface area contributed by atoms with E-state index in [1.807, 2.05) is 29.7 Å². The second-order valence-corrected chi connectivity index (χ2v) is 5.30. The zero-order chi connectivity index (χ0) is 14.0. The van der Waals surface area contributed by atoms with E-state index in [2.05, 4.69) is 26.8 Å². The molecule has 2 rings (SSSR count). The minimum atomic E-state index is 0.423. The molecule has 1 heterocycles. The lowest BCUT2D eigenvalue weighted by molar-refractivity contribution is 0.769. The molecule has 3 nitrogen and oxygen atoms in total. The van der Waals surface area contributed by atoms with E-state index in [4.69, 9.17) is 23.8 Å². The van der Waals surface area contributed by atoms with Crippen LogP contribution in [0.2, 0.25) is 5.02 Å². The van der Waals surface area contributed by atoms with E-state index in [-0.39, 0.29) is 0 Å². The zero-order valence-electron chi connectivity index (χ0n) is 10.5. The molecule has 0 fully saturated rings. The van der Waals surface area contributed by atoms with Crippen molar-refractivity contribution in [2.45, 2.75) is 19.9 Å². The molecule has 1 aromatic carbocycles. The average molecular weight is 339 g/mol. The van der Waals surface area contributed by atoms with Crippen LogP contribution in [-0.2, 0) is 13.0 Å². The Morgan fingerprint density at radius 1 is 1.53 bits per heavy atom. The van der Waals surface area contributed by atoms with Crippen LogP contribution in [0.25, 0.3) is 11.3 Å². The van der Waals surface area contributed by atoms with Gasteiger partial charge in [0.25, 0.3) is 0 Å². The van der Waals surface area contributed by atoms with Gasteiger partial charge in [-0.25, -0.2) is 4.98 Å². The van der Waals surface area contributed by atoms with Gasteiger partial charge in [0.2, 0.25) is 0 Å². The molecule has 0 aliphatic heterocycles. The van der Waals surface area contributed by atoms with Crippen molar-refractivity contribution in [1.29, 1.82) is 0 Å². The molecule has 2 aromatic rings. The number of imidazole rings is 1. The van der Waals surface area contributed by atoms with E-state index in [1.54, 1.807) is 0 Å². The van der Waals surface area contributed by atoms with E-state index in [9.17, 15) is 0 Å². The summed E-state index contributed by atoms with van der Waals surface area (Å²) < 4.78 is 2.70. The van der Waals surface area contributed by atoms with Crippen molar-refractivity contribution in [3.8, 4) is 23.6 Å². The fourth-order valence-electron chi connectivity index (χ4n) is 1.91. The van der Waals surface area contributed by atoms with Gasteiger partial charge >= 0.3 is 0 Å². The number of aryl methyl sites for hydroxylation is 1. The Balaban J connectivity index is 2.56. The molecule has 1 aromatic heterocycles. The summed E-state index contributed by atoms with van der Waals surface area (Å²) in [6, 6.07) is 5.64. The third-order valence-corrected chi connectivity index (χ3v) is 4.08. The van der Waals surface area contributed by atoms with Crippen LogP contribution in [0, 0.1) is 12.3 Å². The molecule has 0 radical (unpaired) electrons. The van der Waals surface area contributed by atoms with Crippen molar-refractivity contribution in [1.82, 2.24) is 9.55 Å². The van der Waals surface area contributed by atoms with Gasteiger partial charge in [-0.1, -0.05) is 30.5 Å². The van der Waals surface area contributed by atoms with Gasteiger partial charge in [-0.15, -0.1) is 6.42 Å². The molecule has 0 spiro atoms. The van der Waals surface area contributed by atoms with Crippen molar-refractivity contribution < 1.29 is 0 Å². The molecule has 0 bridgehead atoms. The number of hydrogen-bond acceptors (Lipinski definition) is 2. The number of anilines is 1. The summed E-state index contributed by atoms with van der Waals surface area (Å²) in [5, 5.41) is 0.626. The largest absolute Gasteiger partial charge is 0.383 e. The number of halogens is 2. The maximum Gasteiger partial charge on any atom is 0.132 e. The number of terminal acetylenes is 1. The minimum absolute atomic E-state index is 0.423. The SMILES string of the molecule is C#CCn1c(CC)nc(-c2ccc(Br)c(Cl)c2)c1N. The highest BCUT2D eigenvalue weighted by molar-refractivity contribution is 9.10. The van der Waals surface area contributed by atoms with Gasteiger partial charge in [0.05, 0.1) is 11.6 Å². The Morgan fingerprint density at radius 2 is 2.26 bits per heavy atom. The Hall–Kier alpha value is -1.44. The van der Waals surface area contributed by atoms with Gasteiger partial charge in [0, 0.05) is 16.5 Å². The number of aromatic nitrogens is 2.